The molecule has 19 heteroatoms. The molecule has 0 bridgehead atoms. The lowest BCUT2D eigenvalue weighted by atomic mass is 9.75. The maximum Gasteiger partial charge on any atom is 0.262 e. The van der Waals surface area contributed by atoms with Crippen LogP contribution in [0.4, 0.5) is 21.6 Å². The zero-order valence-corrected chi connectivity index (χ0v) is 39.7. The number of halogens is 3. The molecule has 2 aliphatic carbocycles. The van der Waals surface area contributed by atoms with Crippen LogP contribution in [0, 0.1) is 17.2 Å². The van der Waals surface area contributed by atoms with Crippen LogP contribution in [0.25, 0.3) is 0 Å². The minimum atomic E-state index is -1.91. The van der Waals surface area contributed by atoms with Gasteiger partial charge in [-0.1, -0.05) is 0 Å². The van der Waals surface area contributed by atoms with Crippen LogP contribution in [-0.4, -0.2) is 104 Å². The summed E-state index contributed by atoms with van der Waals surface area (Å²) in [5, 5.41) is 12.0. The van der Waals surface area contributed by atoms with Crippen molar-refractivity contribution in [3.05, 3.63) is 71.2 Å². The molecule has 1 spiro atoms. The van der Waals surface area contributed by atoms with Crippen molar-refractivity contribution in [3.63, 3.8) is 0 Å². The predicted octanol–water partition coefficient (Wildman–Crippen LogP) is 6.30. The number of anilines is 3. The van der Waals surface area contributed by atoms with E-state index in [0.717, 1.165) is 62.5 Å². The van der Waals surface area contributed by atoms with E-state index in [2.05, 4.69) is 33.9 Å². The summed E-state index contributed by atoms with van der Waals surface area (Å²) in [6.45, 7) is 7.13. The van der Waals surface area contributed by atoms with Gasteiger partial charge in [0.25, 0.3) is 17.7 Å². The van der Waals surface area contributed by atoms with Gasteiger partial charge in [-0.15, -0.1) is 0 Å². The van der Waals surface area contributed by atoms with Crippen molar-refractivity contribution in [2.45, 2.75) is 103 Å². The highest BCUT2D eigenvalue weighted by atomic mass is 127. The molecule has 1 unspecified atom stereocenters. The number of benzene rings is 1. The van der Waals surface area contributed by atoms with Crippen LogP contribution in [0.3, 0.4) is 0 Å². The van der Waals surface area contributed by atoms with E-state index in [-0.39, 0.29) is 52.3 Å². The monoisotopic (exact) mass is 1100 g/mol. The van der Waals surface area contributed by atoms with Crippen LogP contribution >= 0.6 is 57.4 Å². The van der Waals surface area contributed by atoms with Crippen LogP contribution in [-0.2, 0) is 16.1 Å². The molecule has 4 aliphatic heterocycles. The number of carbonyl (C=O) groups is 5. The van der Waals surface area contributed by atoms with Crippen LogP contribution in [0.15, 0.2) is 48.8 Å². The fourth-order valence-electron chi connectivity index (χ4n) is 9.83. The third kappa shape index (κ3) is 7.85. The Balaban J connectivity index is 0.789. The number of ether oxygens (including phenoxy) is 1. The van der Waals surface area contributed by atoms with Gasteiger partial charge in [0.1, 0.15) is 41.0 Å². The number of fused-ring (bicyclic) bond motifs is 1. The second-order valence-electron chi connectivity index (χ2n) is 17.5. The molecule has 328 valence electrons. The Bertz CT molecular complexity index is 2460. The van der Waals surface area contributed by atoms with Gasteiger partial charge in [0.2, 0.25) is 13.5 Å². The third-order valence-electron chi connectivity index (χ3n) is 13.4. The van der Waals surface area contributed by atoms with Gasteiger partial charge in [0.05, 0.1) is 34.9 Å². The summed E-state index contributed by atoms with van der Waals surface area (Å²) in [5.74, 6) is -0.457. The zero-order chi connectivity index (χ0) is 44.5. The minimum Gasteiger partial charge on any atom is -0.490 e. The van der Waals surface area contributed by atoms with E-state index in [1.807, 2.05) is 23.1 Å². The number of imide groups is 2. The van der Waals surface area contributed by atoms with Crippen molar-refractivity contribution >= 4 is 109 Å². The smallest absolute Gasteiger partial charge is 0.262 e. The molecular formula is C44H44FI2N9O6S. The first-order chi connectivity index (χ1) is 30.1. The van der Waals surface area contributed by atoms with Gasteiger partial charge >= 0.3 is 0 Å². The number of hydrogen-bond acceptors (Lipinski definition) is 12. The van der Waals surface area contributed by atoms with E-state index >= 15 is 4.39 Å². The first-order valence-electron chi connectivity index (χ1n) is 21.2. The second-order valence-corrected chi connectivity index (χ2v) is 22.9. The summed E-state index contributed by atoms with van der Waals surface area (Å²) in [6, 6.07) is 11.9. The Morgan fingerprint density at radius 1 is 1.00 bits per heavy atom. The first kappa shape index (κ1) is 43.8. The summed E-state index contributed by atoms with van der Waals surface area (Å²) in [4.78, 5) is 82.8. The Morgan fingerprint density at radius 3 is 2.33 bits per heavy atom. The molecule has 6 aliphatic rings. The Hall–Kier alpha value is -4.40. The molecular weight excluding hydrogens is 1060 g/mol. The molecule has 0 radical (unpaired) electrons. The summed E-state index contributed by atoms with van der Waals surface area (Å²) in [7, 11) is 0. The summed E-state index contributed by atoms with van der Waals surface area (Å²) in [6.07, 6.45) is 9.12. The van der Waals surface area contributed by atoms with E-state index < -0.39 is 36.9 Å². The van der Waals surface area contributed by atoms with Gasteiger partial charge in [-0.3, -0.25) is 44.0 Å². The fourth-order valence-corrected chi connectivity index (χ4v) is 11.1. The number of nitrogens with zero attached hydrogens (tertiary/aromatic N) is 8. The highest BCUT2D eigenvalue weighted by Gasteiger charge is 2.60. The van der Waals surface area contributed by atoms with Gasteiger partial charge in [0, 0.05) is 56.5 Å². The molecule has 3 aromatic rings. The molecule has 5 amide bonds. The lowest BCUT2D eigenvalue weighted by molar-refractivity contribution is -0.136. The molecule has 6 heterocycles. The first-order valence-corrected chi connectivity index (χ1v) is 23.8. The van der Waals surface area contributed by atoms with Crippen molar-refractivity contribution in [2.24, 2.45) is 5.92 Å². The van der Waals surface area contributed by atoms with Gasteiger partial charge in [-0.05, 0) is 152 Å². The van der Waals surface area contributed by atoms with Gasteiger partial charge in [-0.2, -0.15) is 5.26 Å². The lowest BCUT2D eigenvalue weighted by Crippen LogP contribution is -2.55. The van der Waals surface area contributed by atoms with E-state index in [4.69, 9.17) is 21.9 Å². The standard InChI is InChI=1S/C44H44FI2N9O6S/c1-24(2)53(27-16-30(17-27)62-29-5-6-31-32(19-29)40(60)55(39(31)59)35-7-9-37(57)51-38(35)58)23-25-10-14-52(15-11-25)36-8-4-26(21-50-36)56-42(63)54(41(61)43(56)12-3-13-43)28-18-33(44(45,46)47)34(20-48)49-22-28/h4-6,8,18-19,21-22,24-25,27,30,35H,3,7,9-17,23H2,1-2H3,(H,51,57,58). The molecule has 1 N–H and O–H groups in total. The number of nitrogens with one attached hydrogen (secondary N) is 1. The van der Waals surface area contributed by atoms with Gasteiger partial charge < -0.3 is 14.5 Å². The SMILES string of the molecule is CC(C)N(CC1CCN(c2ccc(N3C(=S)N(c4cnc(C#N)c(C(F)(I)I)c4)C(=O)C34CCC4)cn2)CC1)C1CC(Oc2ccc3c(c2)C(=O)N(C2CCC(=O)NC2=O)C3=O)C1. The molecule has 1 atom stereocenters. The normalized spacial score (nSPS) is 23.7. The molecule has 5 fully saturated rings. The van der Waals surface area contributed by atoms with Crippen LogP contribution < -0.4 is 24.8 Å². The van der Waals surface area contributed by atoms with Crippen molar-refractivity contribution in [2.75, 3.05) is 34.3 Å². The molecule has 1 aromatic carbocycles. The Morgan fingerprint density at radius 2 is 1.71 bits per heavy atom. The average molecular weight is 1100 g/mol. The number of rotatable bonds is 11. The van der Waals surface area contributed by atoms with Crippen LogP contribution in [0.1, 0.15) is 104 Å². The molecule has 2 saturated carbocycles. The molecule has 9 rings (SSSR count). The molecule has 15 nitrogen and oxygen atoms in total. The highest BCUT2D eigenvalue weighted by molar-refractivity contribution is 14.2. The van der Waals surface area contributed by atoms with E-state index in [9.17, 15) is 29.2 Å². The second kappa shape index (κ2) is 16.9. The van der Waals surface area contributed by atoms with Crippen molar-refractivity contribution in [1.82, 2.24) is 25.1 Å². The minimum absolute atomic E-state index is 0.0343. The number of piperidine rings is 2. The van der Waals surface area contributed by atoms with E-state index in [1.54, 1.807) is 69.6 Å². The van der Waals surface area contributed by atoms with Crippen LogP contribution in [0.2, 0.25) is 0 Å². The van der Waals surface area contributed by atoms with Gasteiger partial charge in [0.15, 0.2) is 5.11 Å². The summed E-state index contributed by atoms with van der Waals surface area (Å²) < 4.78 is 19.5. The maximum absolute atomic E-state index is 15.1. The Kier molecular flexibility index (Phi) is 11.7. The quantitative estimate of drug-likeness (QED) is 0.0984. The number of alkyl halides is 3. The van der Waals surface area contributed by atoms with Crippen molar-refractivity contribution in [1.29, 1.82) is 5.26 Å². The zero-order valence-electron chi connectivity index (χ0n) is 34.6. The Labute approximate surface area is 396 Å². The largest absolute Gasteiger partial charge is 0.490 e. The highest BCUT2D eigenvalue weighted by Crippen LogP contribution is 2.49. The number of hydrogen-bond donors (Lipinski definition) is 1. The molecule has 63 heavy (non-hydrogen) atoms. The number of aromatic nitrogens is 2. The topological polar surface area (TPSA) is 172 Å². The maximum atomic E-state index is 15.1. The van der Waals surface area contributed by atoms with Crippen molar-refractivity contribution < 1.29 is 33.1 Å². The summed E-state index contributed by atoms with van der Waals surface area (Å²) >= 11 is 9.16. The average Bonchev–Trinajstić information content (AvgIpc) is 3.62. The van der Waals surface area contributed by atoms with Crippen molar-refractivity contribution in [3.8, 4) is 11.8 Å². The molecule has 3 saturated heterocycles. The number of thiocarbonyl (C=S) groups is 1. The number of pyridine rings is 2. The third-order valence-corrected chi connectivity index (χ3v) is 15.0. The fraction of sp³-hybridized carbons (Fsp3) is 0.477. The van der Waals surface area contributed by atoms with E-state index in [0.29, 0.717) is 48.0 Å². The predicted molar refractivity (Wildman–Crippen MR) is 250 cm³/mol. The number of amides is 5. The van der Waals surface area contributed by atoms with Gasteiger partial charge in [-0.25, -0.2) is 14.4 Å². The molecule has 2 aromatic heterocycles. The lowest BCUT2D eigenvalue weighted by Gasteiger charge is -2.46. The number of carbonyl (C=O) groups excluding carboxylic acids is 5. The summed E-state index contributed by atoms with van der Waals surface area (Å²) in [5.41, 5.74) is 0.654. The van der Waals surface area contributed by atoms with Crippen LogP contribution in [0.5, 0.6) is 5.75 Å². The number of nitriles is 1. The van der Waals surface area contributed by atoms with E-state index in [1.165, 1.54) is 17.2 Å².